The maximum absolute atomic E-state index is 12.4. The van der Waals surface area contributed by atoms with Gasteiger partial charge in [0.2, 0.25) is 0 Å². The molecule has 3 aromatic carbocycles. The van der Waals surface area contributed by atoms with Gasteiger partial charge in [0, 0.05) is 16.8 Å². The summed E-state index contributed by atoms with van der Waals surface area (Å²) < 4.78 is 5.73. The highest BCUT2D eigenvalue weighted by Crippen LogP contribution is 2.19. The van der Waals surface area contributed by atoms with Crippen molar-refractivity contribution in [1.82, 2.24) is 0 Å². The van der Waals surface area contributed by atoms with Gasteiger partial charge in [-0.1, -0.05) is 48.5 Å². The van der Waals surface area contributed by atoms with Crippen LogP contribution in [-0.4, -0.2) is 17.8 Å². The molecule has 4 nitrogen and oxygen atoms in total. The monoisotopic (exact) mass is 359 g/mol. The minimum Gasteiger partial charge on any atom is -0.481 e. The molecular formula is C23H21NO3. The molecule has 0 aliphatic heterocycles. The number of hydrogen-bond acceptors (Lipinski definition) is 3. The van der Waals surface area contributed by atoms with E-state index in [2.05, 4.69) is 5.32 Å². The predicted octanol–water partition coefficient (Wildman–Crippen LogP) is 4.63. The van der Waals surface area contributed by atoms with Crippen molar-refractivity contribution < 1.29 is 14.3 Å². The van der Waals surface area contributed by atoms with Gasteiger partial charge >= 0.3 is 0 Å². The van der Waals surface area contributed by atoms with Gasteiger partial charge in [-0.3, -0.25) is 9.59 Å². The van der Waals surface area contributed by atoms with Crippen LogP contribution >= 0.6 is 0 Å². The molecule has 1 N–H and O–H groups in total. The lowest BCUT2D eigenvalue weighted by molar-refractivity contribution is -0.122. The van der Waals surface area contributed by atoms with E-state index in [0.717, 1.165) is 5.56 Å². The Hall–Kier alpha value is -3.40. The summed E-state index contributed by atoms with van der Waals surface area (Å²) in [5, 5.41) is 2.81. The van der Waals surface area contributed by atoms with Crippen LogP contribution in [0.25, 0.3) is 0 Å². The lowest BCUT2D eigenvalue weighted by Crippen LogP contribution is -2.30. The van der Waals surface area contributed by atoms with Crippen LogP contribution in [0.5, 0.6) is 5.75 Å². The van der Waals surface area contributed by atoms with Crippen LogP contribution in [0.15, 0.2) is 78.9 Å². The van der Waals surface area contributed by atoms with Crippen molar-refractivity contribution in [2.24, 2.45) is 0 Å². The molecule has 0 heterocycles. The van der Waals surface area contributed by atoms with Crippen LogP contribution in [0, 0.1) is 6.92 Å². The highest BCUT2D eigenvalue weighted by molar-refractivity contribution is 6.09. The van der Waals surface area contributed by atoms with E-state index in [0.29, 0.717) is 22.6 Å². The predicted molar refractivity (Wildman–Crippen MR) is 106 cm³/mol. The standard InChI is InChI=1S/C23H21NO3/c1-16-8-6-7-11-21(16)27-17(2)23(26)24-20-14-12-19(13-15-20)22(25)18-9-4-3-5-10-18/h3-15,17H,1-2H3,(H,24,26)/t17-/m1/s1. The minimum absolute atomic E-state index is 0.0512. The average Bonchev–Trinajstić information content (AvgIpc) is 2.70. The first-order valence-electron chi connectivity index (χ1n) is 8.77. The second-order valence-electron chi connectivity index (χ2n) is 6.29. The zero-order valence-corrected chi connectivity index (χ0v) is 15.3. The van der Waals surface area contributed by atoms with E-state index in [1.165, 1.54) is 0 Å². The van der Waals surface area contributed by atoms with Gasteiger partial charge in [-0.05, 0) is 49.7 Å². The smallest absolute Gasteiger partial charge is 0.265 e. The summed E-state index contributed by atoms with van der Waals surface area (Å²) in [5.41, 5.74) is 2.80. The maximum atomic E-state index is 12.4. The molecule has 0 spiro atoms. The fraction of sp³-hybridized carbons (Fsp3) is 0.130. The third-order valence-electron chi connectivity index (χ3n) is 4.22. The molecule has 0 fully saturated rings. The summed E-state index contributed by atoms with van der Waals surface area (Å²) in [4.78, 5) is 24.8. The highest BCUT2D eigenvalue weighted by Gasteiger charge is 2.16. The highest BCUT2D eigenvalue weighted by atomic mass is 16.5. The number of rotatable bonds is 6. The van der Waals surface area contributed by atoms with Crippen molar-refractivity contribution in [3.05, 3.63) is 95.6 Å². The molecule has 0 radical (unpaired) electrons. The van der Waals surface area contributed by atoms with Gasteiger partial charge in [-0.15, -0.1) is 0 Å². The number of hydrogen-bond donors (Lipinski definition) is 1. The van der Waals surface area contributed by atoms with Gasteiger partial charge < -0.3 is 10.1 Å². The third kappa shape index (κ3) is 4.61. The van der Waals surface area contributed by atoms with Crippen LogP contribution in [0.2, 0.25) is 0 Å². The van der Waals surface area contributed by atoms with Crippen molar-refractivity contribution in [3.8, 4) is 5.75 Å². The Labute approximate surface area is 158 Å². The molecular weight excluding hydrogens is 338 g/mol. The molecule has 1 atom stereocenters. The quantitative estimate of drug-likeness (QED) is 0.653. The Morgan fingerprint density at radius 2 is 1.41 bits per heavy atom. The molecule has 0 unspecified atom stereocenters. The molecule has 136 valence electrons. The second-order valence-corrected chi connectivity index (χ2v) is 6.29. The van der Waals surface area contributed by atoms with E-state index in [1.807, 2.05) is 49.4 Å². The number of carbonyl (C=O) groups is 2. The molecule has 0 aliphatic carbocycles. The number of ketones is 1. The van der Waals surface area contributed by atoms with Gasteiger partial charge in [0.15, 0.2) is 11.9 Å². The summed E-state index contributed by atoms with van der Waals surface area (Å²) in [6, 6.07) is 23.5. The number of amides is 1. The van der Waals surface area contributed by atoms with Crippen LogP contribution in [0.4, 0.5) is 5.69 Å². The van der Waals surface area contributed by atoms with Crippen LogP contribution in [0.1, 0.15) is 28.4 Å². The molecule has 4 heteroatoms. The molecule has 3 aromatic rings. The Bertz CT molecular complexity index is 933. The Kier molecular flexibility index (Phi) is 5.67. The Morgan fingerprint density at radius 3 is 2.07 bits per heavy atom. The molecule has 0 saturated carbocycles. The zero-order chi connectivity index (χ0) is 19.2. The number of carbonyl (C=O) groups excluding carboxylic acids is 2. The van der Waals surface area contributed by atoms with Gasteiger partial charge in [0.1, 0.15) is 5.75 Å². The van der Waals surface area contributed by atoms with Gasteiger partial charge in [-0.25, -0.2) is 0 Å². The summed E-state index contributed by atoms with van der Waals surface area (Å²) in [6.45, 7) is 3.64. The normalized spacial score (nSPS) is 11.5. The average molecular weight is 359 g/mol. The molecule has 0 aromatic heterocycles. The third-order valence-corrected chi connectivity index (χ3v) is 4.22. The summed E-state index contributed by atoms with van der Waals surface area (Å²) >= 11 is 0. The van der Waals surface area contributed by atoms with E-state index < -0.39 is 6.10 Å². The first kappa shape index (κ1) is 18.4. The molecule has 27 heavy (non-hydrogen) atoms. The Morgan fingerprint density at radius 1 is 0.815 bits per heavy atom. The molecule has 0 aliphatic rings. The van der Waals surface area contributed by atoms with Crippen molar-refractivity contribution in [2.75, 3.05) is 5.32 Å². The van der Waals surface area contributed by atoms with E-state index in [9.17, 15) is 9.59 Å². The first-order chi connectivity index (χ1) is 13.0. The molecule has 0 bridgehead atoms. The molecule has 0 saturated heterocycles. The lowest BCUT2D eigenvalue weighted by atomic mass is 10.0. The van der Waals surface area contributed by atoms with E-state index in [1.54, 1.807) is 43.3 Å². The molecule has 1 amide bonds. The summed E-state index contributed by atoms with van der Waals surface area (Å²) in [5.74, 6) is 0.383. The van der Waals surface area contributed by atoms with Crippen molar-refractivity contribution >= 4 is 17.4 Å². The van der Waals surface area contributed by atoms with Crippen LogP contribution in [-0.2, 0) is 4.79 Å². The Balaban J connectivity index is 1.63. The van der Waals surface area contributed by atoms with Gasteiger partial charge in [0.25, 0.3) is 5.91 Å². The minimum atomic E-state index is -0.642. The fourth-order valence-corrected chi connectivity index (χ4v) is 2.64. The van der Waals surface area contributed by atoms with Crippen LogP contribution in [0.3, 0.4) is 0 Å². The second kappa shape index (κ2) is 8.32. The maximum Gasteiger partial charge on any atom is 0.265 e. The van der Waals surface area contributed by atoms with Crippen LogP contribution < -0.4 is 10.1 Å². The summed E-state index contributed by atoms with van der Waals surface area (Å²) in [6.07, 6.45) is -0.642. The zero-order valence-electron chi connectivity index (χ0n) is 15.3. The number of ether oxygens (including phenoxy) is 1. The largest absolute Gasteiger partial charge is 0.481 e. The van der Waals surface area contributed by atoms with Gasteiger partial charge in [0.05, 0.1) is 0 Å². The SMILES string of the molecule is Cc1ccccc1O[C@H](C)C(=O)Nc1ccc(C(=O)c2ccccc2)cc1. The molecule has 3 rings (SSSR count). The van der Waals surface area contributed by atoms with E-state index in [-0.39, 0.29) is 11.7 Å². The first-order valence-corrected chi connectivity index (χ1v) is 8.77. The topological polar surface area (TPSA) is 55.4 Å². The van der Waals surface area contributed by atoms with Crippen molar-refractivity contribution in [2.45, 2.75) is 20.0 Å². The summed E-state index contributed by atoms with van der Waals surface area (Å²) in [7, 11) is 0. The van der Waals surface area contributed by atoms with E-state index >= 15 is 0 Å². The number of nitrogens with one attached hydrogen (secondary N) is 1. The van der Waals surface area contributed by atoms with Crippen molar-refractivity contribution in [1.29, 1.82) is 0 Å². The number of para-hydroxylation sites is 1. The van der Waals surface area contributed by atoms with Gasteiger partial charge in [-0.2, -0.15) is 0 Å². The lowest BCUT2D eigenvalue weighted by Gasteiger charge is -2.16. The fourth-order valence-electron chi connectivity index (χ4n) is 2.64. The van der Waals surface area contributed by atoms with E-state index in [4.69, 9.17) is 4.74 Å². The number of aryl methyl sites for hydroxylation is 1. The number of anilines is 1. The van der Waals surface area contributed by atoms with Crippen molar-refractivity contribution in [3.63, 3.8) is 0 Å². The number of benzene rings is 3.